The third kappa shape index (κ3) is 3.24. The van der Waals surface area contributed by atoms with Crippen molar-refractivity contribution in [2.45, 2.75) is 13.0 Å². The summed E-state index contributed by atoms with van der Waals surface area (Å²) in [6, 6.07) is 9.72. The lowest BCUT2D eigenvalue weighted by atomic mass is 10.1. The van der Waals surface area contributed by atoms with Crippen LogP contribution in [0.4, 0.5) is 0 Å². The summed E-state index contributed by atoms with van der Waals surface area (Å²) < 4.78 is 11.5. The quantitative estimate of drug-likeness (QED) is 0.665. The predicted molar refractivity (Wildman–Crippen MR) is 58.8 cm³/mol. The van der Waals surface area contributed by atoms with Crippen molar-refractivity contribution in [2.75, 3.05) is 7.05 Å². The van der Waals surface area contributed by atoms with E-state index in [9.17, 15) is 4.57 Å². The van der Waals surface area contributed by atoms with Crippen LogP contribution in [-0.2, 0) is 4.57 Å². The molecule has 2 atom stereocenters. The van der Waals surface area contributed by atoms with Crippen molar-refractivity contribution in [3.8, 4) is 0 Å². The van der Waals surface area contributed by atoms with Gasteiger partial charge in [0.1, 0.15) is 0 Å². The molecule has 0 spiro atoms. The summed E-state index contributed by atoms with van der Waals surface area (Å²) in [5.74, 6) is 0. The van der Waals surface area contributed by atoms with Gasteiger partial charge in [0, 0.05) is 6.04 Å². The fraction of sp³-hybridized carbons (Fsp3) is 0.333. The Morgan fingerprint density at radius 1 is 1.36 bits per heavy atom. The van der Waals surface area contributed by atoms with E-state index in [4.69, 9.17) is 5.50 Å². The monoisotopic (exact) mass is 213 g/mol. The van der Waals surface area contributed by atoms with Crippen LogP contribution < -0.4 is 15.7 Å². The number of nitrogens with one attached hydrogen (secondary N) is 2. The zero-order chi connectivity index (χ0) is 10.6. The minimum atomic E-state index is -2.90. The summed E-state index contributed by atoms with van der Waals surface area (Å²) in [4.78, 5) is 0. The zero-order valence-electron chi connectivity index (χ0n) is 8.40. The summed E-state index contributed by atoms with van der Waals surface area (Å²) in [5, 5.41) is 5.41. The molecule has 4 N–H and O–H groups in total. The zero-order valence-corrected chi connectivity index (χ0v) is 9.29. The standard InChI is InChI=1S/C9H16N3OP/c1-8(12-14(10,13)11-2)9-6-4-3-5-7-9/h3-8H,1-2H3,(H4,10,11,12,13)/t8-,14?/m0/s1. The van der Waals surface area contributed by atoms with Crippen molar-refractivity contribution in [1.82, 2.24) is 10.2 Å². The molecule has 0 aliphatic rings. The van der Waals surface area contributed by atoms with Gasteiger partial charge < -0.3 is 0 Å². The molecule has 0 radical (unpaired) electrons. The Hall–Kier alpha value is -0.670. The van der Waals surface area contributed by atoms with E-state index >= 15 is 0 Å². The second-order valence-electron chi connectivity index (χ2n) is 3.14. The SMILES string of the molecule is CNP(N)(=O)N[C@@H](C)c1ccccc1. The van der Waals surface area contributed by atoms with Gasteiger partial charge in [0.2, 0.25) is 0 Å². The fourth-order valence-electron chi connectivity index (χ4n) is 1.17. The Morgan fingerprint density at radius 3 is 2.43 bits per heavy atom. The first kappa shape index (κ1) is 11.4. The lowest BCUT2D eigenvalue weighted by Crippen LogP contribution is -2.27. The molecule has 1 unspecified atom stereocenters. The average Bonchev–Trinajstić information content (AvgIpc) is 2.19. The van der Waals surface area contributed by atoms with Crippen LogP contribution in [0.3, 0.4) is 0 Å². The van der Waals surface area contributed by atoms with Crippen LogP contribution in [-0.4, -0.2) is 7.05 Å². The van der Waals surface area contributed by atoms with Crippen LogP contribution in [0.2, 0.25) is 0 Å². The van der Waals surface area contributed by atoms with E-state index in [0.717, 1.165) is 5.56 Å². The molecule has 78 valence electrons. The molecule has 0 amide bonds. The minimum absolute atomic E-state index is 0.0283. The van der Waals surface area contributed by atoms with Crippen molar-refractivity contribution in [3.05, 3.63) is 35.9 Å². The summed E-state index contributed by atoms with van der Waals surface area (Å²) in [6.45, 7) is 1.92. The molecule has 5 heteroatoms. The van der Waals surface area contributed by atoms with Crippen molar-refractivity contribution in [3.63, 3.8) is 0 Å². The van der Waals surface area contributed by atoms with Crippen LogP contribution in [0.5, 0.6) is 0 Å². The van der Waals surface area contributed by atoms with E-state index < -0.39 is 7.59 Å². The van der Waals surface area contributed by atoms with Crippen molar-refractivity contribution >= 4 is 7.59 Å². The molecule has 0 aliphatic carbocycles. The topological polar surface area (TPSA) is 67.1 Å². The van der Waals surface area contributed by atoms with Crippen LogP contribution in [0.1, 0.15) is 18.5 Å². The third-order valence-electron chi connectivity index (χ3n) is 2.02. The molecule has 14 heavy (non-hydrogen) atoms. The highest BCUT2D eigenvalue weighted by Gasteiger charge is 2.16. The van der Waals surface area contributed by atoms with Crippen molar-refractivity contribution in [2.24, 2.45) is 5.50 Å². The summed E-state index contributed by atoms with van der Waals surface area (Å²) >= 11 is 0. The second-order valence-corrected chi connectivity index (χ2v) is 5.16. The van der Waals surface area contributed by atoms with Gasteiger partial charge >= 0.3 is 0 Å². The lowest BCUT2D eigenvalue weighted by Gasteiger charge is -2.19. The van der Waals surface area contributed by atoms with E-state index in [2.05, 4.69) is 10.2 Å². The maximum atomic E-state index is 11.5. The molecule has 1 aromatic carbocycles. The van der Waals surface area contributed by atoms with Gasteiger partial charge in [-0.1, -0.05) is 30.3 Å². The van der Waals surface area contributed by atoms with E-state index in [-0.39, 0.29) is 6.04 Å². The van der Waals surface area contributed by atoms with Gasteiger partial charge in [-0.3, -0.25) is 10.1 Å². The summed E-state index contributed by atoms with van der Waals surface area (Å²) in [6.07, 6.45) is 0. The first-order chi connectivity index (χ1) is 6.55. The number of benzene rings is 1. The van der Waals surface area contributed by atoms with Gasteiger partial charge in [-0.15, -0.1) is 0 Å². The number of hydrogen-bond acceptors (Lipinski definition) is 1. The average molecular weight is 213 g/mol. The molecule has 4 nitrogen and oxygen atoms in total. The van der Waals surface area contributed by atoms with Gasteiger partial charge in [0.15, 0.2) is 0 Å². The molecule has 0 fully saturated rings. The smallest absolute Gasteiger partial charge is 0.271 e. The number of rotatable bonds is 4. The Kier molecular flexibility index (Phi) is 3.84. The van der Waals surface area contributed by atoms with Crippen LogP contribution >= 0.6 is 7.59 Å². The van der Waals surface area contributed by atoms with Gasteiger partial charge in [-0.2, -0.15) is 0 Å². The van der Waals surface area contributed by atoms with Crippen LogP contribution in [0, 0.1) is 0 Å². The molecule has 0 aliphatic heterocycles. The molecular weight excluding hydrogens is 197 g/mol. The molecule has 0 saturated carbocycles. The number of nitrogens with two attached hydrogens (primary N) is 1. The van der Waals surface area contributed by atoms with Crippen molar-refractivity contribution < 1.29 is 4.57 Å². The molecule has 1 aromatic rings. The van der Waals surface area contributed by atoms with E-state index in [1.165, 1.54) is 0 Å². The Balaban J connectivity index is 2.68. The maximum Gasteiger partial charge on any atom is 0.276 e. The first-order valence-electron chi connectivity index (χ1n) is 4.45. The van der Waals surface area contributed by atoms with Crippen LogP contribution in [0.15, 0.2) is 30.3 Å². The lowest BCUT2D eigenvalue weighted by molar-refractivity contribution is 0.547. The van der Waals surface area contributed by atoms with Crippen LogP contribution in [0.25, 0.3) is 0 Å². The Morgan fingerprint density at radius 2 is 1.93 bits per heavy atom. The normalized spacial score (nSPS) is 17.4. The van der Waals surface area contributed by atoms with Gasteiger partial charge in [-0.25, -0.2) is 10.2 Å². The Bertz CT molecular complexity index is 328. The van der Waals surface area contributed by atoms with E-state index in [1.54, 1.807) is 7.05 Å². The highest BCUT2D eigenvalue weighted by Crippen LogP contribution is 2.28. The molecule has 0 saturated heterocycles. The molecular formula is C9H16N3OP. The van der Waals surface area contributed by atoms with Gasteiger partial charge in [0.25, 0.3) is 7.59 Å². The fourth-order valence-corrected chi connectivity index (χ4v) is 2.02. The molecule has 0 aromatic heterocycles. The largest absolute Gasteiger partial charge is 0.276 e. The van der Waals surface area contributed by atoms with E-state index in [1.807, 2.05) is 37.3 Å². The molecule has 0 bridgehead atoms. The molecule has 1 rings (SSSR count). The first-order valence-corrected chi connectivity index (χ1v) is 6.23. The van der Waals surface area contributed by atoms with E-state index in [0.29, 0.717) is 0 Å². The van der Waals surface area contributed by atoms with Gasteiger partial charge in [0.05, 0.1) is 0 Å². The maximum absolute atomic E-state index is 11.5. The summed E-state index contributed by atoms with van der Waals surface area (Å²) in [7, 11) is -1.32. The third-order valence-corrected chi connectivity index (χ3v) is 3.45. The predicted octanol–water partition coefficient (Wildman–Crippen LogP) is 1.62. The second kappa shape index (κ2) is 4.71. The van der Waals surface area contributed by atoms with Crippen molar-refractivity contribution in [1.29, 1.82) is 0 Å². The Labute approximate surface area is 84.4 Å². The minimum Gasteiger partial charge on any atom is -0.271 e. The summed E-state index contributed by atoms with van der Waals surface area (Å²) in [5.41, 5.74) is 6.55. The van der Waals surface area contributed by atoms with Gasteiger partial charge in [-0.05, 0) is 19.5 Å². The highest BCUT2D eigenvalue weighted by molar-refractivity contribution is 7.57. The number of hydrogen-bond donors (Lipinski definition) is 3. The highest BCUT2D eigenvalue weighted by atomic mass is 31.2. The molecule has 0 heterocycles.